The van der Waals surface area contributed by atoms with Gasteiger partial charge in [0.2, 0.25) is 0 Å². The van der Waals surface area contributed by atoms with Crippen molar-refractivity contribution in [3.8, 4) is 0 Å². The second-order valence-corrected chi connectivity index (χ2v) is 19.7. The SMILES string of the molecule is CCCCC(Cl)(CC)C([O-])(Cl)Cl.CCCCC(Cl)(CC)C([O-])(Cl)Cl.CCCCC(Cl)(CC)C([O-])(Cl)Cl.CCCCC(Cl)(CC)C([O-])(Cl)Cl.[Ti+4]. The van der Waals surface area contributed by atoms with Gasteiger partial charge in [0.05, 0.1) is 37.6 Å². The number of alkyl halides is 12. The monoisotopic (exact) mass is 972 g/mol. The maximum absolute atomic E-state index is 11.3. The molecule has 0 aromatic heterocycles. The van der Waals surface area contributed by atoms with E-state index >= 15 is 0 Å². The quantitative estimate of drug-likeness (QED) is 0.0897. The summed E-state index contributed by atoms with van der Waals surface area (Å²) in [7, 11) is 0. The summed E-state index contributed by atoms with van der Waals surface area (Å²) in [5.74, 6) is 0. The molecule has 0 saturated heterocycles. The van der Waals surface area contributed by atoms with E-state index in [0.717, 1.165) is 51.4 Å². The van der Waals surface area contributed by atoms with Crippen molar-refractivity contribution in [3.05, 3.63) is 0 Å². The molecule has 49 heavy (non-hydrogen) atoms. The summed E-state index contributed by atoms with van der Waals surface area (Å²) in [6.07, 6.45) is 11.7. The summed E-state index contributed by atoms with van der Waals surface area (Å²) >= 11 is 67.6. The van der Waals surface area contributed by atoms with Crippen LogP contribution in [-0.4, -0.2) is 37.6 Å². The third kappa shape index (κ3) is 25.1. The minimum Gasteiger partial charge on any atom is -0.824 e. The molecule has 0 aliphatic rings. The first-order chi connectivity index (χ1) is 21.5. The van der Waals surface area contributed by atoms with Gasteiger partial charge in [-0.15, -0.1) is 139 Å². The summed E-state index contributed by atoms with van der Waals surface area (Å²) in [5.41, 5.74) is 0. The van der Waals surface area contributed by atoms with Crippen LogP contribution in [0.25, 0.3) is 0 Å². The third-order valence-electron chi connectivity index (χ3n) is 8.03. The van der Waals surface area contributed by atoms with E-state index in [9.17, 15) is 20.4 Å². The smallest absolute Gasteiger partial charge is 0.824 e. The largest absolute Gasteiger partial charge is 4.00 e. The van der Waals surface area contributed by atoms with Crippen molar-refractivity contribution in [2.45, 2.75) is 196 Å². The molecule has 0 radical (unpaired) electrons. The molecule has 0 fully saturated rings. The van der Waals surface area contributed by atoms with Crippen LogP contribution < -0.4 is 20.4 Å². The Morgan fingerprint density at radius 1 is 0.306 bits per heavy atom. The Bertz CT molecular complexity index is 666. The van der Waals surface area contributed by atoms with Crippen molar-refractivity contribution < 1.29 is 42.1 Å². The Kier molecular flexibility index (Phi) is 37.2. The van der Waals surface area contributed by atoms with Crippen LogP contribution in [0.3, 0.4) is 0 Å². The van der Waals surface area contributed by atoms with E-state index in [1.54, 1.807) is 0 Å². The molecular weight excluding hydrogens is 922 g/mol. The van der Waals surface area contributed by atoms with Crippen LogP contribution in [-0.2, 0) is 21.7 Å². The molecular formula is C32H56Cl12O4Ti. The molecule has 0 bridgehead atoms. The number of hydrogen-bond acceptors (Lipinski definition) is 4. The molecule has 0 rings (SSSR count). The standard InChI is InChI=1S/4C8H14Cl3O.Ti/c4*1-3-5-6-7(9,4-2)8(10,11)12;/h4*3-6H2,1-2H3;/q4*-1;+4. The Labute approximate surface area is 373 Å². The van der Waals surface area contributed by atoms with Crippen LogP contribution in [0.4, 0.5) is 0 Å². The van der Waals surface area contributed by atoms with E-state index in [-0.39, 0.29) is 21.7 Å². The van der Waals surface area contributed by atoms with Gasteiger partial charge in [-0.05, 0) is 51.4 Å². The normalized spacial score (nSPS) is 17.1. The summed E-state index contributed by atoms with van der Waals surface area (Å²) in [6.45, 7) is 15.4. The second kappa shape index (κ2) is 29.3. The Hall–Kier alpha value is 4.03. The molecule has 4 nitrogen and oxygen atoms in total. The van der Waals surface area contributed by atoms with Gasteiger partial charge in [0.15, 0.2) is 0 Å². The fourth-order valence-electron chi connectivity index (χ4n) is 3.94. The zero-order chi connectivity index (χ0) is 39.3. The predicted octanol–water partition coefficient (Wildman–Crippen LogP) is 12.2. The second-order valence-electron chi connectivity index (χ2n) is 11.8. The fourth-order valence-corrected chi connectivity index (χ4v) is 6.30. The van der Waals surface area contributed by atoms with E-state index in [1.165, 1.54) is 0 Å². The summed E-state index contributed by atoms with van der Waals surface area (Å²) in [5, 5.41) is 45.0. The fraction of sp³-hybridized carbons (Fsp3) is 1.00. The molecule has 0 aliphatic heterocycles. The van der Waals surface area contributed by atoms with Crippen molar-refractivity contribution in [2.24, 2.45) is 0 Å². The van der Waals surface area contributed by atoms with Crippen LogP contribution in [0, 0.1) is 0 Å². The number of unbranched alkanes of at least 4 members (excludes halogenated alkanes) is 4. The van der Waals surface area contributed by atoms with E-state index < -0.39 is 37.6 Å². The number of hydrogen-bond donors (Lipinski definition) is 0. The van der Waals surface area contributed by atoms with Crippen molar-refractivity contribution >= 4 is 139 Å². The average molecular weight is 978 g/mol. The molecule has 0 heterocycles. The molecule has 0 aromatic carbocycles. The summed E-state index contributed by atoms with van der Waals surface area (Å²) in [6, 6.07) is 0. The zero-order valence-corrected chi connectivity index (χ0v) is 40.6. The first-order valence-electron chi connectivity index (χ1n) is 16.6. The molecule has 0 N–H and O–H groups in total. The van der Waals surface area contributed by atoms with Gasteiger partial charge in [0.1, 0.15) is 0 Å². The molecule has 4 atom stereocenters. The van der Waals surface area contributed by atoms with Crippen LogP contribution in [0.5, 0.6) is 0 Å². The summed E-state index contributed by atoms with van der Waals surface area (Å²) < 4.78 is -8.34. The van der Waals surface area contributed by atoms with Gasteiger partial charge in [-0.2, -0.15) is 0 Å². The molecule has 4 unspecified atom stereocenters. The average Bonchev–Trinajstić information content (AvgIpc) is 2.98. The van der Waals surface area contributed by atoms with Gasteiger partial charge in [0.25, 0.3) is 0 Å². The Balaban J connectivity index is -0.000000174. The van der Waals surface area contributed by atoms with Crippen LogP contribution in [0.1, 0.15) is 158 Å². The van der Waals surface area contributed by atoms with Gasteiger partial charge in [-0.1, -0.05) is 107 Å². The number of rotatable bonds is 20. The predicted molar refractivity (Wildman–Crippen MR) is 211 cm³/mol. The van der Waals surface area contributed by atoms with Crippen LogP contribution in [0.2, 0.25) is 0 Å². The van der Waals surface area contributed by atoms with Crippen molar-refractivity contribution in [1.82, 2.24) is 0 Å². The van der Waals surface area contributed by atoms with Gasteiger partial charge >= 0.3 is 21.7 Å². The molecule has 296 valence electrons. The van der Waals surface area contributed by atoms with Crippen molar-refractivity contribution in [1.29, 1.82) is 0 Å². The minimum atomic E-state index is -2.08. The zero-order valence-electron chi connectivity index (χ0n) is 30.0. The van der Waals surface area contributed by atoms with Crippen LogP contribution >= 0.6 is 139 Å². The van der Waals surface area contributed by atoms with E-state index in [2.05, 4.69) is 0 Å². The molecule has 0 aliphatic carbocycles. The summed E-state index contributed by atoms with van der Waals surface area (Å²) in [4.78, 5) is -4.09. The first kappa shape index (κ1) is 62.2. The Morgan fingerprint density at radius 2 is 0.429 bits per heavy atom. The number of halogens is 12. The van der Waals surface area contributed by atoms with Gasteiger partial charge in [0, 0.05) is 0 Å². The van der Waals surface area contributed by atoms with Crippen molar-refractivity contribution in [3.63, 3.8) is 0 Å². The van der Waals surface area contributed by atoms with Crippen LogP contribution in [0.15, 0.2) is 0 Å². The molecule has 0 spiro atoms. The molecule has 0 saturated carbocycles. The third-order valence-corrected chi connectivity index (χ3v) is 14.6. The van der Waals surface area contributed by atoms with Gasteiger partial charge in [-0.25, -0.2) is 0 Å². The maximum Gasteiger partial charge on any atom is 4.00 e. The molecule has 17 heteroatoms. The van der Waals surface area contributed by atoms with Gasteiger partial charge < -0.3 is 20.4 Å². The molecule has 0 aromatic rings. The maximum atomic E-state index is 11.3. The Morgan fingerprint density at radius 3 is 0.490 bits per heavy atom. The van der Waals surface area contributed by atoms with E-state index in [4.69, 9.17) is 139 Å². The van der Waals surface area contributed by atoms with Gasteiger partial charge in [-0.3, -0.25) is 0 Å². The molecule has 0 amide bonds. The van der Waals surface area contributed by atoms with Crippen molar-refractivity contribution in [2.75, 3.05) is 0 Å². The minimum absolute atomic E-state index is 0. The first-order valence-corrected chi connectivity index (χ1v) is 21.1. The van der Waals surface area contributed by atoms with E-state index in [1.807, 2.05) is 55.4 Å². The topological polar surface area (TPSA) is 92.2 Å². The van der Waals surface area contributed by atoms with E-state index in [0.29, 0.717) is 51.4 Å².